The molecule has 0 saturated carbocycles. The minimum atomic E-state index is -0.844. The fourth-order valence-electron chi connectivity index (χ4n) is 3.57. The number of carbonyl (C=O) groups is 3. The molecular weight excluding hydrogens is 424 g/mol. The van der Waals surface area contributed by atoms with Crippen LogP contribution in [0.15, 0.2) is 18.2 Å². The van der Waals surface area contributed by atoms with Crippen LogP contribution in [-0.4, -0.2) is 36.5 Å². The molecule has 1 atom stereocenters. The zero-order valence-corrected chi connectivity index (χ0v) is 18.2. The van der Waals surface area contributed by atoms with Gasteiger partial charge in [-0.15, -0.1) is 11.3 Å². The number of rotatable bonds is 6. The van der Waals surface area contributed by atoms with E-state index < -0.39 is 29.4 Å². The van der Waals surface area contributed by atoms with E-state index >= 15 is 0 Å². The predicted octanol–water partition coefficient (Wildman–Crippen LogP) is 3.67. The van der Waals surface area contributed by atoms with Crippen molar-refractivity contribution < 1.29 is 28.8 Å². The molecule has 1 N–H and O–H groups in total. The zero-order valence-electron chi connectivity index (χ0n) is 17.4. The van der Waals surface area contributed by atoms with E-state index in [-0.39, 0.29) is 16.8 Å². The monoisotopic (exact) mass is 446 g/mol. The second-order valence-electron chi connectivity index (χ2n) is 7.38. The Labute approximate surface area is 182 Å². The Bertz CT molecular complexity index is 1060. The second-order valence-corrected chi connectivity index (χ2v) is 8.48. The van der Waals surface area contributed by atoms with E-state index in [1.54, 1.807) is 0 Å². The number of carbonyl (C=O) groups excluding carboxylic acids is 3. The van der Waals surface area contributed by atoms with Gasteiger partial charge in [0.15, 0.2) is 6.61 Å². The van der Waals surface area contributed by atoms with Gasteiger partial charge >= 0.3 is 11.9 Å². The van der Waals surface area contributed by atoms with Gasteiger partial charge in [0.25, 0.3) is 11.6 Å². The Morgan fingerprint density at radius 1 is 1.29 bits per heavy atom. The van der Waals surface area contributed by atoms with Gasteiger partial charge in [-0.3, -0.25) is 14.9 Å². The van der Waals surface area contributed by atoms with Crippen LogP contribution in [0.5, 0.6) is 0 Å². The van der Waals surface area contributed by atoms with E-state index in [9.17, 15) is 24.5 Å². The number of nitro benzene ring substituents is 1. The summed E-state index contributed by atoms with van der Waals surface area (Å²) in [4.78, 5) is 48.5. The number of ether oxygens (including phenoxy) is 2. The van der Waals surface area contributed by atoms with Crippen molar-refractivity contribution in [1.82, 2.24) is 0 Å². The van der Waals surface area contributed by atoms with Crippen LogP contribution in [0.1, 0.15) is 50.1 Å². The highest BCUT2D eigenvalue weighted by atomic mass is 32.1. The van der Waals surface area contributed by atoms with Crippen LogP contribution in [0, 0.1) is 23.0 Å². The van der Waals surface area contributed by atoms with Gasteiger partial charge < -0.3 is 14.8 Å². The van der Waals surface area contributed by atoms with E-state index in [1.807, 2.05) is 0 Å². The molecule has 3 rings (SSSR count). The second kappa shape index (κ2) is 9.25. The maximum absolute atomic E-state index is 12.4. The van der Waals surface area contributed by atoms with E-state index in [4.69, 9.17) is 9.47 Å². The maximum atomic E-state index is 12.4. The number of esters is 2. The topological polar surface area (TPSA) is 125 Å². The third-order valence-electron chi connectivity index (χ3n) is 5.21. The minimum Gasteiger partial charge on any atom is -0.465 e. The first-order chi connectivity index (χ1) is 14.7. The Morgan fingerprint density at radius 3 is 2.71 bits per heavy atom. The van der Waals surface area contributed by atoms with E-state index in [0.717, 1.165) is 29.7 Å². The molecule has 0 saturated heterocycles. The molecule has 0 fully saturated rings. The number of amides is 1. The molecule has 0 bridgehead atoms. The molecule has 9 nitrogen and oxygen atoms in total. The van der Waals surface area contributed by atoms with Gasteiger partial charge in [0, 0.05) is 16.5 Å². The fourth-order valence-corrected chi connectivity index (χ4v) is 4.99. The number of nitrogens with one attached hydrogen (secondary N) is 1. The first kappa shape index (κ1) is 22.4. The lowest BCUT2D eigenvalue weighted by Crippen LogP contribution is -2.22. The molecule has 1 aliphatic carbocycles. The van der Waals surface area contributed by atoms with Crippen molar-refractivity contribution in [3.63, 3.8) is 0 Å². The number of anilines is 1. The molecule has 1 aromatic heterocycles. The number of thiophene rings is 1. The molecule has 1 aliphatic rings. The molecule has 2 aromatic rings. The highest BCUT2D eigenvalue weighted by Gasteiger charge is 2.29. The van der Waals surface area contributed by atoms with Crippen LogP contribution in [0.25, 0.3) is 0 Å². The summed E-state index contributed by atoms with van der Waals surface area (Å²) in [7, 11) is 1.28. The van der Waals surface area contributed by atoms with Gasteiger partial charge in [-0.2, -0.15) is 0 Å². The predicted molar refractivity (Wildman–Crippen MR) is 114 cm³/mol. The largest absolute Gasteiger partial charge is 0.465 e. The Morgan fingerprint density at radius 2 is 2.03 bits per heavy atom. The molecule has 1 aromatic carbocycles. The summed E-state index contributed by atoms with van der Waals surface area (Å²) in [5.74, 6) is -1.50. The average molecular weight is 446 g/mol. The molecule has 0 aliphatic heterocycles. The standard InChI is InChI=1S/C21H22N2O7S/c1-11-7-8-14-16(9-11)31-19(18(14)21(26)29-3)22-17(24)10-30-20(25)13-5-4-6-15(12(13)2)23(27)28/h4-6,11H,7-10H2,1-3H3,(H,22,24). The van der Waals surface area contributed by atoms with Crippen molar-refractivity contribution in [2.45, 2.75) is 33.1 Å². The van der Waals surface area contributed by atoms with Crippen molar-refractivity contribution >= 4 is 39.9 Å². The molecule has 164 valence electrons. The summed E-state index contributed by atoms with van der Waals surface area (Å²) < 4.78 is 9.92. The van der Waals surface area contributed by atoms with Crippen LogP contribution >= 0.6 is 11.3 Å². The first-order valence-electron chi connectivity index (χ1n) is 9.66. The van der Waals surface area contributed by atoms with Gasteiger partial charge in [-0.25, -0.2) is 9.59 Å². The normalized spacial score (nSPS) is 15.0. The Kier molecular flexibility index (Phi) is 6.69. The molecule has 1 amide bonds. The van der Waals surface area contributed by atoms with Gasteiger partial charge in [-0.05, 0) is 43.7 Å². The van der Waals surface area contributed by atoms with Crippen LogP contribution in [-0.2, 0) is 27.1 Å². The summed E-state index contributed by atoms with van der Waals surface area (Å²) >= 11 is 1.33. The Hall–Kier alpha value is -3.27. The van der Waals surface area contributed by atoms with Crippen LogP contribution < -0.4 is 5.32 Å². The molecule has 31 heavy (non-hydrogen) atoms. The number of benzene rings is 1. The summed E-state index contributed by atoms with van der Waals surface area (Å²) in [6, 6.07) is 4.06. The summed E-state index contributed by atoms with van der Waals surface area (Å²) in [5, 5.41) is 14.0. The first-order valence-corrected chi connectivity index (χ1v) is 10.5. The number of nitro groups is 1. The SMILES string of the molecule is COC(=O)c1c(NC(=O)COC(=O)c2cccc([N+](=O)[O-])c2C)sc2c1CCC(C)C2. The highest BCUT2D eigenvalue weighted by molar-refractivity contribution is 7.17. The minimum absolute atomic E-state index is 0.0119. The van der Waals surface area contributed by atoms with E-state index in [2.05, 4.69) is 12.2 Å². The zero-order chi connectivity index (χ0) is 22.7. The third kappa shape index (κ3) is 4.74. The van der Waals surface area contributed by atoms with Crippen molar-refractivity contribution in [2.24, 2.45) is 5.92 Å². The number of fused-ring (bicyclic) bond motifs is 1. The third-order valence-corrected chi connectivity index (χ3v) is 6.38. The molecule has 1 heterocycles. The molecule has 0 radical (unpaired) electrons. The van der Waals surface area contributed by atoms with Crippen molar-refractivity contribution in [2.75, 3.05) is 19.0 Å². The molecule has 0 spiro atoms. The number of nitrogens with zero attached hydrogens (tertiary/aromatic N) is 1. The quantitative estimate of drug-likeness (QED) is 0.408. The van der Waals surface area contributed by atoms with Crippen LogP contribution in [0.4, 0.5) is 10.7 Å². The van der Waals surface area contributed by atoms with Crippen molar-refractivity contribution in [3.05, 3.63) is 55.4 Å². The van der Waals surface area contributed by atoms with Crippen LogP contribution in [0.2, 0.25) is 0 Å². The van der Waals surface area contributed by atoms with Crippen molar-refractivity contribution in [3.8, 4) is 0 Å². The maximum Gasteiger partial charge on any atom is 0.341 e. The average Bonchev–Trinajstić information content (AvgIpc) is 3.07. The lowest BCUT2D eigenvalue weighted by atomic mass is 9.88. The number of hydrogen-bond acceptors (Lipinski definition) is 8. The van der Waals surface area contributed by atoms with Gasteiger partial charge in [0.2, 0.25) is 0 Å². The van der Waals surface area contributed by atoms with Crippen molar-refractivity contribution in [1.29, 1.82) is 0 Å². The molecule has 1 unspecified atom stereocenters. The summed E-state index contributed by atoms with van der Waals surface area (Å²) in [5.41, 5.74) is 1.21. The molecule has 10 heteroatoms. The van der Waals surface area contributed by atoms with E-state index in [1.165, 1.54) is 43.6 Å². The smallest absolute Gasteiger partial charge is 0.341 e. The highest BCUT2D eigenvalue weighted by Crippen LogP contribution is 2.40. The van der Waals surface area contributed by atoms with E-state index in [0.29, 0.717) is 16.5 Å². The Balaban J connectivity index is 1.72. The lowest BCUT2D eigenvalue weighted by Gasteiger charge is -2.18. The number of methoxy groups -OCH3 is 1. The summed E-state index contributed by atoms with van der Waals surface area (Å²) in [6.07, 6.45) is 2.50. The molecular formula is C21H22N2O7S. The van der Waals surface area contributed by atoms with Gasteiger partial charge in [0.05, 0.1) is 23.2 Å². The summed E-state index contributed by atoms with van der Waals surface area (Å²) in [6.45, 7) is 2.98. The van der Waals surface area contributed by atoms with Gasteiger partial charge in [0.1, 0.15) is 5.00 Å². The van der Waals surface area contributed by atoms with Crippen LogP contribution in [0.3, 0.4) is 0 Å². The fraction of sp³-hybridized carbons (Fsp3) is 0.381. The van der Waals surface area contributed by atoms with Gasteiger partial charge in [-0.1, -0.05) is 13.0 Å². The number of hydrogen-bond donors (Lipinski definition) is 1. The lowest BCUT2D eigenvalue weighted by molar-refractivity contribution is -0.385.